The van der Waals surface area contributed by atoms with E-state index in [-0.39, 0.29) is 0 Å². The van der Waals surface area contributed by atoms with Crippen LogP contribution in [0.1, 0.15) is 35.2 Å². The Hall–Kier alpha value is -1.68. The number of imidazole rings is 1. The summed E-state index contributed by atoms with van der Waals surface area (Å²) in [5.74, 6) is 1.12. The summed E-state index contributed by atoms with van der Waals surface area (Å²) in [4.78, 5) is 8.92. The second-order valence-electron chi connectivity index (χ2n) is 4.96. The Morgan fingerprint density at radius 3 is 2.68 bits per heavy atom. The number of hydrogen-bond donors (Lipinski definition) is 1. The van der Waals surface area contributed by atoms with Gasteiger partial charge in [0.1, 0.15) is 5.82 Å². The fraction of sp³-hybridized carbons (Fsp3) is 0.467. The molecule has 0 aromatic carbocycles. The summed E-state index contributed by atoms with van der Waals surface area (Å²) in [7, 11) is 4.04. The van der Waals surface area contributed by atoms with Crippen molar-refractivity contribution in [3.05, 3.63) is 47.3 Å². The SMILES string of the molecule is CNC(CCc1nccn1C)c1ccc(C)nc1C. The molecule has 1 atom stereocenters. The molecule has 0 saturated carbocycles. The smallest absolute Gasteiger partial charge is 0.108 e. The highest BCUT2D eigenvalue weighted by molar-refractivity contribution is 5.25. The lowest BCUT2D eigenvalue weighted by Gasteiger charge is -2.18. The first-order valence-electron chi connectivity index (χ1n) is 6.69. The highest BCUT2D eigenvalue weighted by Gasteiger charge is 2.13. The Labute approximate surface area is 114 Å². The van der Waals surface area contributed by atoms with E-state index >= 15 is 0 Å². The van der Waals surface area contributed by atoms with Gasteiger partial charge in [0.2, 0.25) is 0 Å². The van der Waals surface area contributed by atoms with Crippen molar-refractivity contribution in [1.29, 1.82) is 0 Å². The number of pyridine rings is 1. The lowest BCUT2D eigenvalue weighted by Crippen LogP contribution is -2.19. The molecule has 19 heavy (non-hydrogen) atoms. The van der Waals surface area contributed by atoms with Gasteiger partial charge >= 0.3 is 0 Å². The van der Waals surface area contributed by atoms with Gasteiger partial charge in [0.25, 0.3) is 0 Å². The molecule has 1 unspecified atom stereocenters. The van der Waals surface area contributed by atoms with Crippen LogP contribution in [0.4, 0.5) is 0 Å². The number of nitrogens with zero attached hydrogens (tertiary/aromatic N) is 3. The summed E-state index contributed by atoms with van der Waals surface area (Å²) in [6.07, 6.45) is 5.82. The third kappa shape index (κ3) is 3.20. The van der Waals surface area contributed by atoms with Crippen LogP contribution in [-0.4, -0.2) is 21.6 Å². The maximum Gasteiger partial charge on any atom is 0.108 e. The van der Waals surface area contributed by atoms with Gasteiger partial charge in [-0.25, -0.2) is 4.98 Å². The molecule has 0 fully saturated rings. The third-order valence-electron chi connectivity index (χ3n) is 3.57. The Morgan fingerprint density at radius 1 is 1.32 bits per heavy atom. The van der Waals surface area contributed by atoms with E-state index in [1.54, 1.807) is 0 Å². The number of hydrogen-bond acceptors (Lipinski definition) is 3. The summed E-state index contributed by atoms with van der Waals surface area (Å²) in [5.41, 5.74) is 3.46. The van der Waals surface area contributed by atoms with Crippen LogP contribution in [-0.2, 0) is 13.5 Å². The van der Waals surface area contributed by atoms with Gasteiger partial charge in [0, 0.05) is 43.3 Å². The average Bonchev–Trinajstić information content (AvgIpc) is 2.78. The second-order valence-corrected chi connectivity index (χ2v) is 4.96. The molecular formula is C15H22N4. The Bertz CT molecular complexity index is 545. The molecular weight excluding hydrogens is 236 g/mol. The molecule has 2 rings (SSSR count). The molecule has 0 radical (unpaired) electrons. The van der Waals surface area contributed by atoms with E-state index in [4.69, 9.17) is 0 Å². The third-order valence-corrected chi connectivity index (χ3v) is 3.57. The van der Waals surface area contributed by atoms with E-state index < -0.39 is 0 Å². The van der Waals surface area contributed by atoms with E-state index in [0.29, 0.717) is 6.04 Å². The van der Waals surface area contributed by atoms with Gasteiger partial charge in [-0.2, -0.15) is 0 Å². The number of nitrogens with one attached hydrogen (secondary N) is 1. The zero-order valence-electron chi connectivity index (χ0n) is 12.1. The fourth-order valence-electron chi connectivity index (χ4n) is 2.43. The molecule has 4 heteroatoms. The first-order chi connectivity index (χ1) is 9.11. The van der Waals surface area contributed by atoms with Crippen LogP contribution in [0, 0.1) is 13.8 Å². The first kappa shape index (κ1) is 13.7. The predicted molar refractivity (Wildman–Crippen MR) is 77.0 cm³/mol. The number of aryl methyl sites for hydroxylation is 4. The summed E-state index contributed by atoms with van der Waals surface area (Å²) in [6.45, 7) is 4.10. The van der Waals surface area contributed by atoms with E-state index in [1.807, 2.05) is 33.4 Å². The molecule has 0 bridgehead atoms. The number of aromatic nitrogens is 3. The van der Waals surface area contributed by atoms with Crippen molar-refractivity contribution >= 4 is 0 Å². The first-order valence-corrected chi connectivity index (χ1v) is 6.69. The highest BCUT2D eigenvalue weighted by Crippen LogP contribution is 2.21. The molecule has 2 aromatic rings. The molecule has 0 saturated heterocycles. The largest absolute Gasteiger partial charge is 0.338 e. The zero-order valence-corrected chi connectivity index (χ0v) is 12.1. The lowest BCUT2D eigenvalue weighted by atomic mass is 10.0. The van der Waals surface area contributed by atoms with Gasteiger partial charge < -0.3 is 9.88 Å². The summed E-state index contributed by atoms with van der Waals surface area (Å²) < 4.78 is 2.08. The maximum absolute atomic E-state index is 4.54. The van der Waals surface area contributed by atoms with Crippen LogP contribution in [0.2, 0.25) is 0 Å². The van der Waals surface area contributed by atoms with Crippen molar-refractivity contribution in [1.82, 2.24) is 19.9 Å². The predicted octanol–water partition coefficient (Wildman–Crippen LogP) is 2.33. The molecule has 102 valence electrons. The molecule has 1 N–H and O–H groups in total. The Balaban J connectivity index is 2.10. The summed E-state index contributed by atoms with van der Waals surface area (Å²) in [6, 6.07) is 4.58. The van der Waals surface area contributed by atoms with Crippen molar-refractivity contribution in [2.75, 3.05) is 7.05 Å². The Kier molecular flexibility index (Phi) is 4.32. The van der Waals surface area contributed by atoms with Gasteiger partial charge in [-0.05, 0) is 38.9 Å². The summed E-state index contributed by atoms with van der Waals surface area (Å²) in [5, 5.41) is 3.38. The van der Waals surface area contributed by atoms with Crippen molar-refractivity contribution in [3.8, 4) is 0 Å². The van der Waals surface area contributed by atoms with Crippen LogP contribution in [0.3, 0.4) is 0 Å². The van der Waals surface area contributed by atoms with Crippen LogP contribution in [0.15, 0.2) is 24.5 Å². The highest BCUT2D eigenvalue weighted by atomic mass is 15.0. The van der Waals surface area contributed by atoms with Gasteiger partial charge in [-0.1, -0.05) is 6.07 Å². The normalized spacial score (nSPS) is 12.6. The van der Waals surface area contributed by atoms with Gasteiger partial charge in [0.05, 0.1) is 0 Å². The van der Waals surface area contributed by atoms with E-state index in [0.717, 1.165) is 30.1 Å². The Morgan fingerprint density at radius 2 is 2.11 bits per heavy atom. The number of rotatable bonds is 5. The van der Waals surface area contributed by atoms with E-state index in [9.17, 15) is 0 Å². The molecule has 2 aromatic heterocycles. The monoisotopic (exact) mass is 258 g/mol. The van der Waals surface area contributed by atoms with Crippen molar-refractivity contribution < 1.29 is 0 Å². The molecule has 0 spiro atoms. The second kappa shape index (κ2) is 5.97. The van der Waals surface area contributed by atoms with E-state index in [1.165, 1.54) is 5.56 Å². The molecule has 2 heterocycles. The van der Waals surface area contributed by atoms with Crippen molar-refractivity contribution in [2.24, 2.45) is 7.05 Å². The fourth-order valence-corrected chi connectivity index (χ4v) is 2.43. The standard InChI is InChI=1S/C15H22N4/c1-11-5-6-13(12(2)18-11)14(16-3)7-8-15-17-9-10-19(15)4/h5-6,9-10,14,16H,7-8H2,1-4H3. The molecule has 0 amide bonds. The quantitative estimate of drug-likeness (QED) is 0.895. The molecule has 0 aliphatic heterocycles. The van der Waals surface area contributed by atoms with Crippen LogP contribution in [0.5, 0.6) is 0 Å². The van der Waals surface area contributed by atoms with Gasteiger partial charge in [-0.3, -0.25) is 4.98 Å². The van der Waals surface area contributed by atoms with Crippen molar-refractivity contribution in [3.63, 3.8) is 0 Å². The van der Waals surface area contributed by atoms with Gasteiger partial charge in [-0.15, -0.1) is 0 Å². The molecule has 0 aliphatic rings. The van der Waals surface area contributed by atoms with Crippen molar-refractivity contribution in [2.45, 2.75) is 32.7 Å². The minimum atomic E-state index is 0.324. The molecule has 4 nitrogen and oxygen atoms in total. The zero-order chi connectivity index (χ0) is 13.8. The minimum absolute atomic E-state index is 0.324. The molecule has 0 aliphatic carbocycles. The topological polar surface area (TPSA) is 42.7 Å². The van der Waals surface area contributed by atoms with E-state index in [2.05, 4.69) is 38.9 Å². The van der Waals surface area contributed by atoms with Crippen LogP contribution >= 0.6 is 0 Å². The van der Waals surface area contributed by atoms with Gasteiger partial charge in [0.15, 0.2) is 0 Å². The van der Waals surface area contributed by atoms with Crippen LogP contribution < -0.4 is 5.32 Å². The lowest BCUT2D eigenvalue weighted by molar-refractivity contribution is 0.531. The van der Waals surface area contributed by atoms with Crippen LogP contribution in [0.25, 0.3) is 0 Å². The maximum atomic E-state index is 4.54. The summed E-state index contributed by atoms with van der Waals surface area (Å²) >= 11 is 0. The minimum Gasteiger partial charge on any atom is -0.338 e. The average molecular weight is 258 g/mol.